The number of fused-ring (bicyclic) bond motifs is 1. The minimum absolute atomic E-state index is 0.129. The Morgan fingerprint density at radius 2 is 2.32 bits per heavy atom. The first-order chi connectivity index (χ1) is 9.13. The molecule has 1 amide bonds. The summed E-state index contributed by atoms with van der Waals surface area (Å²) in [5.74, 6) is 5.10. The zero-order chi connectivity index (χ0) is 13.8. The predicted octanol–water partition coefficient (Wildman–Crippen LogP) is 1.98. The van der Waals surface area contributed by atoms with Crippen LogP contribution >= 0.6 is 0 Å². The molecule has 0 spiro atoms. The highest BCUT2D eigenvalue weighted by Crippen LogP contribution is 2.29. The Balaban J connectivity index is 2.39. The minimum atomic E-state index is -0.129. The lowest BCUT2D eigenvalue weighted by Gasteiger charge is -2.11. The third-order valence-corrected chi connectivity index (χ3v) is 3.65. The topological polar surface area (TPSA) is 67.5 Å². The van der Waals surface area contributed by atoms with Crippen molar-refractivity contribution in [2.45, 2.75) is 26.7 Å². The van der Waals surface area contributed by atoms with Crippen molar-refractivity contribution in [3.05, 3.63) is 40.5 Å². The van der Waals surface area contributed by atoms with E-state index in [1.54, 1.807) is 0 Å². The summed E-state index contributed by atoms with van der Waals surface area (Å²) >= 11 is 0. The Bertz CT molecular complexity index is 546. The number of nitrogens with zero attached hydrogens (tertiary/aromatic N) is 1. The van der Waals surface area contributed by atoms with Gasteiger partial charge in [0.15, 0.2) is 0 Å². The number of rotatable bonds is 2. The van der Waals surface area contributed by atoms with Gasteiger partial charge in [0, 0.05) is 5.57 Å². The maximum atomic E-state index is 12.1. The lowest BCUT2D eigenvalue weighted by atomic mass is 9.95. The SMILES string of the molecule is Cc1cccc2c1CCC(C)C(C(=O)NC=NN)=C2. The normalized spacial score (nSPS) is 18.6. The van der Waals surface area contributed by atoms with Crippen LogP contribution < -0.4 is 11.2 Å². The van der Waals surface area contributed by atoms with Crippen molar-refractivity contribution in [1.29, 1.82) is 0 Å². The van der Waals surface area contributed by atoms with Crippen LogP contribution in [0.5, 0.6) is 0 Å². The molecular weight excluding hydrogens is 238 g/mol. The van der Waals surface area contributed by atoms with Crippen LogP contribution in [0.2, 0.25) is 0 Å². The van der Waals surface area contributed by atoms with E-state index in [0.717, 1.165) is 24.0 Å². The maximum absolute atomic E-state index is 12.1. The molecule has 1 aliphatic carbocycles. The van der Waals surface area contributed by atoms with Crippen LogP contribution in [0.4, 0.5) is 0 Å². The summed E-state index contributed by atoms with van der Waals surface area (Å²) in [6.45, 7) is 4.19. The number of nitrogens with one attached hydrogen (secondary N) is 1. The van der Waals surface area contributed by atoms with Crippen LogP contribution in [0, 0.1) is 12.8 Å². The minimum Gasteiger partial charge on any atom is -0.322 e. The molecule has 1 unspecified atom stereocenters. The van der Waals surface area contributed by atoms with Gasteiger partial charge in [-0.25, -0.2) is 0 Å². The summed E-state index contributed by atoms with van der Waals surface area (Å²) in [6, 6.07) is 6.20. The van der Waals surface area contributed by atoms with Crippen LogP contribution in [-0.2, 0) is 11.2 Å². The van der Waals surface area contributed by atoms with Crippen molar-refractivity contribution < 1.29 is 4.79 Å². The van der Waals surface area contributed by atoms with Crippen LogP contribution in [0.3, 0.4) is 0 Å². The second-order valence-electron chi connectivity index (χ2n) is 4.93. The molecule has 0 saturated carbocycles. The monoisotopic (exact) mass is 257 g/mol. The van der Waals surface area contributed by atoms with Gasteiger partial charge in [0.05, 0.1) is 0 Å². The molecule has 0 radical (unpaired) electrons. The van der Waals surface area contributed by atoms with Gasteiger partial charge in [-0.3, -0.25) is 4.79 Å². The van der Waals surface area contributed by atoms with Gasteiger partial charge < -0.3 is 11.2 Å². The lowest BCUT2D eigenvalue weighted by Crippen LogP contribution is -2.26. The number of aryl methyl sites for hydroxylation is 1. The fourth-order valence-corrected chi connectivity index (χ4v) is 2.50. The molecule has 0 heterocycles. The molecule has 3 N–H and O–H groups in total. The second-order valence-corrected chi connectivity index (χ2v) is 4.93. The van der Waals surface area contributed by atoms with E-state index in [-0.39, 0.29) is 11.8 Å². The molecule has 0 aliphatic heterocycles. The van der Waals surface area contributed by atoms with Gasteiger partial charge in [-0.1, -0.05) is 25.1 Å². The van der Waals surface area contributed by atoms with Crippen LogP contribution in [0.15, 0.2) is 28.9 Å². The molecule has 1 aromatic rings. The molecule has 1 atom stereocenters. The van der Waals surface area contributed by atoms with Crippen molar-refractivity contribution in [3.8, 4) is 0 Å². The Morgan fingerprint density at radius 3 is 3.05 bits per heavy atom. The van der Waals surface area contributed by atoms with E-state index in [2.05, 4.69) is 36.4 Å². The Kier molecular flexibility index (Phi) is 4.00. The molecule has 0 aromatic heterocycles. The zero-order valence-electron chi connectivity index (χ0n) is 11.3. The van der Waals surface area contributed by atoms with E-state index in [1.807, 2.05) is 12.1 Å². The molecule has 4 nitrogen and oxygen atoms in total. The van der Waals surface area contributed by atoms with Crippen LogP contribution in [-0.4, -0.2) is 12.2 Å². The average molecular weight is 257 g/mol. The third-order valence-electron chi connectivity index (χ3n) is 3.65. The number of amides is 1. The van der Waals surface area contributed by atoms with Crippen LogP contribution in [0.1, 0.15) is 30.0 Å². The largest absolute Gasteiger partial charge is 0.322 e. The van der Waals surface area contributed by atoms with Crippen molar-refractivity contribution in [2.24, 2.45) is 16.9 Å². The zero-order valence-corrected chi connectivity index (χ0v) is 11.3. The average Bonchev–Trinajstić information content (AvgIpc) is 2.57. The van der Waals surface area contributed by atoms with Crippen molar-refractivity contribution >= 4 is 18.3 Å². The molecule has 4 heteroatoms. The molecule has 1 aliphatic rings. The molecule has 0 saturated heterocycles. The highest BCUT2D eigenvalue weighted by atomic mass is 16.1. The van der Waals surface area contributed by atoms with Gasteiger partial charge in [-0.2, -0.15) is 5.10 Å². The number of nitrogens with two attached hydrogens (primary N) is 1. The van der Waals surface area contributed by atoms with E-state index in [9.17, 15) is 4.79 Å². The lowest BCUT2D eigenvalue weighted by molar-refractivity contribution is -0.116. The fourth-order valence-electron chi connectivity index (χ4n) is 2.50. The quantitative estimate of drug-likeness (QED) is 0.368. The number of benzene rings is 1. The number of hydrogen-bond acceptors (Lipinski definition) is 3. The smallest absolute Gasteiger partial charge is 0.252 e. The Morgan fingerprint density at radius 1 is 1.53 bits per heavy atom. The molecule has 19 heavy (non-hydrogen) atoms. The fraction of sp³-hybridized carbons (Fsp3) is 0.333. The summed E-state index contributed by atoms with van der Waals surface area (Å²) in [5.41, 5.74) is 4.54. The summed E-state index contributed by atoms with van der Waals surface area (Å²) in [5, 5.41) is 5.88. The second kappa shape index (κ2) is 5.69. The van der Waals surface area contributed by atoms with Crippen LogP contribution in [0.25, 0.3) is 6.08 Å². The highest BCUT2D eigenvalue weighted by molar-refractivity contribution is 6.03. The summed E-state index contributed by atoms with van der Waals surface area (Å²) in [4.78, 5) is 12.1. The molecule has 2 rings (SSSR count). The van der Waals surface area contributed by atoms with E-state index in [1.165, 1.54) is 17.5 Å². The molecule has 100 valence electrons. The number of hydrazone groups is 1. The first-order valence-corrected chi connectivity index (χ1v) is 6.46. The van der Waals surface area contributed by atoms with Gasteiger partial charge in [0.25, 0.3) is 5.91 Å². The van der Waals surface area contributed by atoms with Crippen molar-refractivity contribution in [2.75, 3.05) is 0 Å². The molecule has 0 bridgehead atoms. The first-order valence-electron chi connectivity index (χ1n) is 6.46. The third kappa shape index (κ3) is 2.84. The van der Waals surface area contributed by atoms with E-state index >= 15 is 0 Å². The first kappa shape index (κ1) is 13.3. The van der Waals surface area contributed by atoms with Gasteiger partial charge in [0.1, 0.15) is 6.34 Å². The number of carbonyl (C=O) groups excluding carboxylic acids is 1. The van der Waals surface area contributed by atoms with Gasteiger partial charge in [-0.15, -0.1) is 0 Å². The summed E-state index contributed by atoms with van der Waals surface area (Å²) in [7, 11) is 0. The van der Waals surface area contributed by atoms with Gasteiger partial charge in [0.2, 0.25) is 0 Å². The Hall–Kier alpha value is -2.10. The standard InChI is InChI=1S/C15H19N3O/c1-10-4-3-5-12-8-14(15(19)17-9-18-16)11(2)6-7-13(10)12/h3-5,8-9,11H,6-7,16H2,1-2H3,(H,17,18,19). The van der Waals surface area contributed by atoms with E-state index in [4.69, 9.17) is 5.84 Å². The number of hydrogen-bond donors (Lipinski definition) is 2. The van der Waals surface area contributed by atoms with Crippen molar-refractivity contribution in [1.82, 2.24) is 5.32 Å². The van der Waals surface area contributed by atoms with Crippen molar-refractivity contribution in [3.63, 3.8) is 0 Å². The van der Waals surface area contributed by atoms with E-state index < -0.39 is 0 Å². The predicted molar refractivity (Wildman–Crippen MR) is 77.5 cm³/mol. The highest BCUT2D eigenvalue weighted by Gasteiger charge is 2.21. The molecule has 1 aromatic carbocycles. The molecular formula is C15H19N3O. The van der Waals surface area contributed by atoms with E-state index in [0.29, 0.717) is 0 Å². The summed E-state index contributed by atoms with van der Waals surface area (Å²) < 4.78 is 0. The van der Waals surface area contributed by atoms with Gasteiger partial charge in [-0.05, 0) is 48.4 Å². The Labute approximate surface area is 113 Å². The van der Waals surface area contributed by atoms with Gasteiger partial charge >= 0.3 is 0 Å². The number of carbonyl (C=O) groups is 1. The maximum Gasteiger partial charge on any atom is 0.252 e. The summed E-state index contributed by atoms with van der Waals surface area (Å²) in [6.07, 6.45) is 5.18. The molecule has 0 fully saturated rings.